The third-order valence-electron chi connectivity index (χ3n) is 4.95. The molecule has 5 heteroatoms. The van der Waals surface area contributed by atoms with E-state index in [4.69, 9.17) is 4.74 Å². The molecular formula is C24H26N2O3. The second kappa shape index (κ2) is 8.78. The van der Waals surface area contributed by atoms with Crippen molar-refractivity contribution in [1.29, 1.82) is 0 Å². The monoisotopic (exact) mass is 390 g/mol. The Kier molecular flexibility index (Phi) is 6.17. The molecule has 3 rings (SSSR count). The summed E-state index contributed by atoms with van der Waals surface area (Å²) < 4.78 is 5.98. The molecule has 1 amide bonds. The van der Waals surface area contributed by atoms with Gasteiger partial charge in [-0.15, -0.1) is 0 Å². The summed E-state index contributed by atoms with van der Waals surface area (Å²) in [5.41, 5.74) is 4.63. The van der Waals surface area contributed by atoms with Crippen LogP contribution in [0.5, 0.6) is 5.75 Å². The van der Waals surface area contributed by atoms with Crippen LogP contribution in [-0.2, 0) is 6.54 Å². The number of ether oxygens (including phenoxy) is 1. The molecule has 0 aliphatic heterocycles. The van der Waals surface area contributed by atoms with E-state index in [9.17, 15) is 9.59 Å². The fourth-order valence-corrected chi connectivity index (χ4v) is 3.41. The Bertz CT molecular complexity index is 1070. The number of hydrogen-bond donors (Lipinski definition) is 2. The smallest absolute Gasteiger partial charge is 0.253 e. The highest BCUT2D eigenvalue weighted by molar-refractivity contribution is 5.94. The van der Waals surface area contributed by atoms with E-state index in [0.717, 1.165) is 28.1 Å². The number of aromatic nitrogens is 1. The van der Waals surface area contributed by atoms with E-state index in [1.54, 1.807) is 6.07 Å². The molecule has 0 aliphatic rings. The van der Waals surface area contributed by atoms with Crippen LogP contribution in [0.25, 0.3) is 0 Å². The third kappa shape index (κ3) is 4.93. The number of amides is 1. The fraction of sp³-hybridized carbons (Fsp3) is 0.250. The lowest BCUT2D eigenvalue weighted by atomic mass is 10.0. The van der Waals surface area contributed by atoms with Crippen molar-refractivity contribution in [3.8, 4) is 5.75 Å². The summed E-state index contributed by atoms with van der Waals surface area (Å²) in [5.74, 6) is 0.593. The second-order valence-corrected chi connectivity index (χ2v) is 7.27. The molecule has 0 aliphatic carbocycles. The van der Waals surface area contributed by atoms with Crippen LogP contribution in [0.15, 0.2) is 59.4 Å². The van der Waals surface area contributed by atoms with Gasteiger partial charge < -0.3 is 15.0 Å². The van der Waals surface area contributed by atoms with Gasteiger partial charge in [0.25, 0.3) is 11.5 Å². The number of nitrogens with one attached hydrogen (secondary N) is 2. The number of pyridine rings is 1. The molecule has 0 bridgehead atoms. The van der Waals surface area contributed by atoms with Crippen molar-refractivity contribution in [1.82, 2.24) is 10.3 Å². The van der Waals surface area contributed by atoms with Crippen molar-refractivity contribution < 1.29 is 9.53 Å². The Morgan fingerprint density at radius 3 is 2.41 bits per heavy atom. The van der Waals surface area contributed by atoms with Gasteiger partial charge in [-0.05, 0) is 74.7 Å². The molecule has 2 aromatic carbocycles. The lowest BCUT2D eigenvalue weighted by Gasteiger charge is -2.18. The van der Waals surface area contributed by atoms with Gasteiger partial charge in [0, 0.05) is 23.4 Å². The molecule has 3 aromatic rings. The molecule has 0 fully saturated rings. The van der Waals surface area contributed by atoms with Gasteiger partial charge in [-0.3, -0.25) is 9.59 Å². The van der Waals surface area contributed by atoms with Crippen LogP contribution >= 0.6 is 0 Å². The number of rotatable bonds is 6. The van der Waals surface area contributed by atoms with Crippen molar-refractivity contribution in [3.05, 3.63) is 98.5 Å². The summed E-state index contributed by atoms with van der Waals surface area (Å²) in [6.45, 7) is 7.85. The molecule has 150 valence electrons. The highest BCUT2D eigenvalue weighted by atomic mass is 16.5. The van der Waals surface area contributed by atoms with Crippen molar-refractivity contribution in [2.45, 2.75) is 40.3 Å². The van der Waals surface area contributed by atoms with E-state index in [1.165, 1.54) is 0 Å². The summed E-state index contributed by atoms with van der Waals surface area (Å²) in [4.78, 5) is 27.5. The van der Waals surface area contributed by atoms with E-state index < -0.39 is 0 Å². The van der Waals surface area contributed by atoms with Crippen molar-refractivity contribution in [2.75, 3.05) is 0 Å². The van der Waals surface area contributed by atoms with E-state index in [1.807, 2.05) is 76.2 Å². The largest absolute Gasteiger partial charge is 0.486 e. The summed E-state index contributed by atoms with van der Waals surface area (Å²) in [5, 5.41) is 2.84. The van der Waals surface area contributed by atoms with Gasteiger partial charge in [0.1, 0.15) is 11.9 Å². The second-order valence-electron chi connectivity index (χ2n) is 7.27. The third-order valence-corrected chi connectivity index (χ3v) is 4.95. The number of carbonyl (C=O) groups is 1. The Balaban J connectivity index is 1.69. The molecule has 1 heterocycles. The highest BCUT2D eigenvalue weighted by Crippen LogP contribution is 2.24. The molecule has 0 saturated carbocycles. The van der Waals surface area contributed by atoms with E-state index in [-0.39, 0.29) is 24.1 Å². The summed E-state index contributed by atoms with van der Waals surface area (Å²) in [7, 11) is 0. The molecule has 5 nitrogen and oxygen atoms in total. The zero-order valence-electron chi connectivity index (χ0n) is 17.2. The normalized spacial score (nSPS) is 11.7. The van der Waals surface area contributed by atoms with Crippen LogP contribution in [0.3, 0.4) is 0 Å². The van der Waals surface area contributed by atoms with Gasteiger partial charge >= 0.3 is 0 Å². The maximum atomic E-state index is 12.6. The lowest BCUT2D eigenvalue weighted by Crippen LogP contribution is -2.28. The zero-order chi connectivity index (χ0) is 21.0. The van der Waals surface area contributed by atoms with Gasteiger partial charge in [-0.1, -0.05) is 24.3 Å². The Morgan fingerprint density at radius 2 is 1.76 bits per heavy atom. The summed E-state index contributed by atoms with van der Waals surface area (Å²) in [6, 6.07) is 17.1. The number of para-hydroxylation sites is 1. The van der Waals surface area contributed by atoms with E-state index in [0.29, 0.717) is 11.1 Å². The fourth-order valence-electron chi connectivity index (χ4n) is 3.41. The molecular weight excluding hydrogens is 364 g/mol. The van der Waals surface area contributed by atoms with Crippen LogP contribution < -0.4 is 15.6 Å². The molecule has 0 unspecified atom stereocenters. The van der Waals surface area contributed by atoms with Crippen LogP contribution in [0.4, 0.5) is 0 Å². The van der Waals surface area contributed by atoms with Gasteiger partial charge in [-0.25, -0.2) is 0 Å². The number of aryl methyl sites for hydroxylation is 3. The van der Waals surface area contributed by atoms with Crippen LogP contribution in [0.1, 0.15) is 51.3 Å². The first-order chi connectivity index (χ1) is 13.8. The lowest BCUT2D eigenvalue weighted by molar-refractivity contribution is 0.0950. The Labute approximate surface area is 170 Å². The van der Waals surface area contributed by atoms with Crippen molar-refractivity contribution in [2.24, 2.45) is 0 Å². The van der Waals surface area contributed by atoms with Crippen LogP contribution in [0, 0.1) is 20.8 Å². The standard InChI is InChI=1S/C24H26N2O3/c1-15-12-17(3)26-24(28)22(15)14-25-23(27)19-10-11-21(16(2)13-19)18(4)29-20-8-6-5-7-9-20/h5-13,18H,14H2,1-4H3,(H,25,27)(H,26,28)/t18-/m0/s1. The first kappa shape index (κ1) is 20.4. The zero-order valence-corrected chi connectivity index (χ0v) is 17.2. The number of aromatic amines is 1. The molecule has 0 radical (unpaired) electrons. The first-order valence-corrected chi connectivity index (χ1v) is 9.65. The maximum Gasteiger partial charge on any atom is 0.253 e. The topological polar surface area (TPSA) is 71.2 Å². The molecule has 2 N–H and O–H groups in total. The van der Waals surface area contributed by atoms with Gasteiger partial charge in [0.05, 0.1) is 0 Å². The van der Waals surface area contributed by atoms with Gasteiger partial charge in [-0.2, -0.15) is 0 Å². The summed E-state index contributed by atoms with van der Waals surface area (Å²) >= 11 is 0. The van der Waals surface area contributed by atoms with E-state index >= 15 is 0 Å². The van der Waals surface area contributed by atoms with Gasteiger partial charge in [0.15, 0.2) is 0 Å². The minimum Gasteiger partial charge on any atom is -0.486 e. The highest BCUT2D eigenvalue weighted by Gasteiger charge is 2.14. The predicted octanol–water partition coefficient (Wildman–Crippen LogP) is 4.37. The number of carbonyl (C=O) groups excluding carboxylic acids is 1. The molecule has 1 atom stereocenters. The van der Waals surface area contributed by atoms with E-state index in [2.05, 4.69) is 10.3 Å². The SMILES string of the molecule is Cc1cc(C)c(CNC(=O)c2ccc([C@H](C)Oc3ccccc3)c(C)c2)c(=O)[nH]1. The molecule has 0 saturated heterocycles. The quantitative estimate of drug-likeness (QED) is 0.656. The number of hydrogen-bond acceptors (Lipinski definition) is 3. The molecule has 29 heavy (non-hydrogen) atoms. The first-order valence-electron chi connectivity index (χ1n) is 9.65. The Morgan fingerprint density at radius 1 is 1.03 bits per heavy atom. The summed E-state index contributed by atoms with van der Waals surface area (Å²) in [6.07, 6.45) is -0.136. The predicted molar refractivity (Wildman–Crippen MR) is 114 cm³/mol. The molecule has 1 aromatic heterocycles. The average Bonchev–Trinajstić information content (AvgIpc) is 2.67. The number of benzene rings is 2. The average molecular weight is 390 g/mol. The Hall–Kier alpha value is -3.34. The van der Waals surface area contributed by atoms with Crippen LogP contribution in [-0.4, -0.2) is 10.9 Å². The van der Waals surface area contributed by atoms with Crippen LogP contribution in [0.2, 0.25) is 0 Å². The van der Waals surface area contributed by atoms with Gasteiger partial charge in [0.2, 0.25) is 0 Å². The maximum absolute atomic E-state index is 12.6. The minimum atomic E-state index is -0.212. The minimum absolute atomic E-state index is 0.136. The number of H-pyrrole nitrogens is 1. The van der Waals surface area contributed by atoms with Crippen molar-refractivity contribution >= 4 is 5.91 Å². The molecule has 0 spiro atoms. The van der Waals surface area contributed by atoms with Crippen molar-refractivity contribution in [3.63, 3.8) is 0 Å².